The lowest BCUT2D eigenvalue weighted by Gasteiger charge is -2.09. The van der Waals surface area contributed by atoms with Crippen molar-refractivity contribution < 1.29 is 0 Å². The van der Waals surface area contributed by atoms with Gasteiger partial charge in [0.2, 0.25) is 0 Å². The number of rotatable bonds is 4. The quantitative estimate of drug-likeness (QED) is 0.792. The van der Waals surface area contributed by atoms with Crippen molar-refractivity contribution in [2.45, 2.75) is 33.6 Å². The standard InChI is InChI=1S/C11H21N3/c1-8(5-6-12)7-11-9(2)13-14(4)10(11)3/h8H,5-7,12H2,1-4H3. The second-order valence-corrected chi connectivity index (χ2v) is 4.16. The summed E-state index contributed by atoms with van der Waals surface area (Å²) in [4.78, 5) is 0. The fraction of sp³-hybridized carbons (Fsp3) is 0.727. The van der Waals surface area contributed by atoms with E-state index in [2.05, 4.69) is 25.9 Å². The summed E-state index contributed by atoms with van der Waals surface area (Å²) in [5, 5.41) is 4.41. The highest BCUT2D eigenvalue weighted by atomic mass is 15.3. The molecule has 0 aromatic carbocycles. The van der Waals surface area contributed by atoms with Gasteiger partial charge in [0.1, 0.15) is 0 Å². The van der Waals surface area contributed by atoms with Gasteiger partial charge in [-0.3, -0.25) is 4.68 Å². The summed E-state index contributed by atoms with van der Waals surface area (Å²) in [6.45, 7) is 7.24. The van der Waals surface area contributed by atoms with Crippen molar-refractivity contribution in [2.75, 3.05) is 6.54 Å². The van der Waals surface area contributed by atoms with E-state index in [4.69, 9.17) is 5.73 Å². The van der Waals surface area contributed by atoms with Crippen LogP contribution in [0.25, 0.3) is 0 Å². The number of hydrogen-bond acceptors (Lipinski definition) is 2. The molecule has 0 saturated heterocycles. The van der Waals surface area contributed by atoms with E-state index >= 15 is 0 Å². The van der Waals surface area contributed by atoms with Crippen LogP contribution in [0.4, 0.5) is 0 Å². The van der Waals surface area contributed by atoms with Gasteiger partial charge in [-0.2, -0.15) is 5.10 Å². The van der Waals surface area contributed by atoms with Crippen LogP contribution in [0.5, 0.6) is 0 Å². The van der Waals surface area contributed by atoms with E-state index in [0.717, 1.165) is 25.1 Å². The van der Waals surface area contributed by atoms with Gasteiger partial charge in [-0.1, -0.05) is 6.92 Å². The molecule has 0 aliphatic rings. The normalized spacial score (nSPS) is 13.2. The van der Waals surface area contributed by atoms with Crippen molar-refractivity contribution >= 4 is 0 Å². The average Bonchev–Trinajstić information content (AvgIpc) is 2.33. The first kappa shape index (κ1) is 11.2. The first-order valence-electron chi connectivity index (χ1n) is 5.25. The highest BCUT2D eigenvalue weighted by Gasteiger charge is 2.12. The molecular weight excluding hydrogens is 174 g/mol. The SMILES string of the molecule is Cc1nn(C)c(C)c1CC(C)CCN. The minimum atomic E-state index is 0.654. The molecule has 1 heterocycles. The molecule has 0 bridgehead atoms. The summed E-state index contributed by atoms with van der Waals surface area (Å²) in [6, 6.07) is 0. The molecule has 0 saturated carbocycles. The van der Waals surface area contributed by atoms with E-state index in [1.807, 2.05) is 11.7 Å². The van der Waals surface area contributed by atoms with Crippen molar-refractivity contribution in [3.8, 4) is 0 Å². The summed E-state index contributed by atoms with van der Waals surface area (Å²) in [6.07, 6.45) is 2.19. The highest BCUT2D eigenvalue weighted by molar-refractivity contribution is 5.24. The minimum absolute atomic E-state index is 0.654. The Balaban J connectivity index is 2.75. The molecule has 1 rings (SSSR count). The van der Waals surface area contributed by atoms with Gasteiger partial charge in [-0.15, -0.1) is 0 Å². The third-order valence-electron chi connectivity index (χ3n) is 2.87. The number of nitrogens with two attached hydrogens (primary N) is 1. The van der Waals surface area contributed by atoms with Crippen LogP contribution in [0.2, 0.25) is 0 Å². The maximum atomic E-state index is 5.54. The van der Waals surface area contributed by atoms with E-state index in [1.165, 1.54) is 11.3 Å². The fourth-order valence-corrected chi connectivity index (χ4v) is 1.85. The smallest absolute Gasteiger partial charge is 0.0628 e. The lowest BCUT2D eigenvalue weighted by molar-refractivity contribution is 0.535. The number of hydrogen-bond donors (Lipinski definition) is 1. The fourth-order valence-electron chi connectivity index (χ4n) is 1.85. The first-order chi connectivity index (χ1) is 6.56. The molecule has 3 heteroatoms. The van der Waals surface area contributed by atoms with Crippen LogP contribution in [0.1, 0.15) is 30.3 Å². The maximum absolute atomic E-state index is 5.54. The van der Waals surface area contributed by atoms with E-state index in [1.54, 1.807) is 0 Å². The molecule has 0 radical (unpaired) electrons. The van der Waals surface area contributed by atoms with Crippen molar-refractivity contribution in [3.63, 3.8) is 0 Å². The van der Waals surface area contributed by atoms with Crippen LogP contribution in [0, 0.1) is 19.8 Å². The van der Waals surface area contributed by atoms with E-state index in [-0.39, 0.29) is 0 Å². The Bertz CT molecular complexity index is 302. The van der Waals surface area contributed by atoms with Gasteiger partial charge in [0.15, 0.2) is 0 Å². The van der Waals surface area contributed by atoms with Gasteiger partial charge in [-0.05, 0) is 44.7 Å². The van der Waals surface area contributed by atoms with Gasteiger partial charge >= 0.3 is 0 Å². The average molecular weight is 195 g/mol. The number of aryl methyl sites for hydroxylation is 2. The second-order valence-electron chi connectivity index (χ2n) is 4.16. The van der Waals surface area contributed by atoms with Gasteiger partial charge in [-0.25, -0.2) is 0 Å². The van der Waals surface area contributed by atoms with Gasteiger partial charge in [0.25, 0.3) is 0 Å². The predicted molar refractivity (Wildman–Crippen MR) is 59.2 cm³/mol. The van der Waals surface area contributed by atoms with Gasteiger partial charge < -0.3 is 5.73 Å². The molecule has 2 N–H and O–H groups in total. The zero-order chi connectivity index (χ0) is 10.7. The monoisotopic (exact) mass is 195 g/mol. The summed E-state index contributed by atoms with van der Waals surface area (Å²) in [5.74, 6) is 0.654. The molecule has 1 unspecified atom stereocenters. The molecule has 0 amide bonds. The second kappa shape index (κ2) is 4.60. The molecule has 14 heavy (non-hydrogen) atoms. The van der Waals surface area contributed by atoms with Crippen LogP contribution in [0.3, 0.4) is 0 Å². The summed E-state index contributed by atoms with van der Waals surface area (Å²) >= 11 is 0. The highest BCUT2D eigenvalue weighted by Crippen LogP contribution is 2.17. The zero-order valence-corrected chi connectivity index (χ0v) is 9.67. The first-order valence-corrected chi connectivity index (χ1v) is 5.25. The van der Waals surface area contributed by atoms with Crippen LogP contribution < -0.4 is 5.73 Å². The molecule has 1 aromatic rings. The largest absolute Gasteiger partial charge is 0.330 e. The summed E-state index contributed by atoms with van der Waals surface area (Å²) in [7, 11) is 2.00. The topological polar surface area (TPSA) is 43.8 Å². The van der Waals surface area contributed by atoms with E-state index in [0.29, 0.717) is 5.92 Å². The molecule has 0 aliphatic heterocycles. The van der Waals surface area contributed by atoms with E-state index < -0.39 is 0 Å². The predicted octanol–water partition coefficient (Wildman–Crippen LogP) is 1.56. The van der Waals surface area contributed by atoms with Crippen LogP contribution >= 0.6 is 0 Å². The minimum Gasteiger partial charge on any atom is -0.330 e. The van der Waals surface area contributed by atoms with Crippen molar-refractivity contribution in [1.82, 2.24) is 9.78 Å². The summed E-state index contributed by atoms with van der Waals surface area (Å²) < 4.78 is 1.96. The van der Waals surface area contributed by atoms with Crippen LogP contribution in [-0.2, 0) is 13.5 Å². The lowest BCUT2D eigenvalue weighted by Crippen LogP contribution is -2.09. The van der Waals surface area contributed by atoms with E-state index in [9.17, 15) is 0 Å². The Morgan fingerprint density at radius 1 is 1.43 bits per heavy atom. The molecule has 0 spiro atoms. The molecule has 0 aliphatic carbocycles. The van der Waals surface area contributed by atoms with Gasteiger partial charge in [0, 0.05) is 12.7 Å². The van der Waals surface area contributed by atoms with Crippen molar-refractivity contribution in [3.05, 3.63) is 17.0 Å². The van der Waals surface area contributed by atoms with Crippen molar-refractivity contribution in [2.24, 2.45) is 18.7 Å². The molecule has 1 atom stereocenters. The maximum Gasteiger partial charge on any atom is 0.0628 e. The molecule has 1 aromatic heterocycles. The third-order valence-corrected chi connectivity index (χ3v) is 2.87. The van der Waals surface area contributed by atoms with Gasteiger partial charge in [0.05, 0.1) is 5.69 Å². The Labute approximate surface area is 86.3 Å². The Morgan fingerprint density at radius 2 is 2.07 bits per heavy atom. The summed E-state index contributed by atoms with van der Waals surface area (Å²) in [5.41, 5.74) is 9.38. The zero-order valence-electron chi connectivity index (χ0n) is 9.67. The lowest BCUT2D eigenvalue weighted by atomic mass is 9.97. The Hall–Kier alpha value is -0.830. The molecule has 80 valence electrons. The number of aromatic nitrogens is 2. The third kappa shape index (κ3) is 2.35. The van der Waals surface area contributed by atoms with Crippen molar-refractivity contribution in [1.29, 1.82) is 0 Å². The van der Waals surface area contributed by atoms with Crippen LogP contribution in [0.15, 0.2) is 0 Å². The Kier molecular flexibility index (Phi) is 3.69. The Morgan fingerprint density at radius 3 is 2.50 bits per heavy atom. The molecular formula is C11H21N3. The van der Waals surface area contributed by atoms with Crippen LogP contribution in [-0.4, -0.2) is 16.3 Å². The molecule has 3 nitrogen and oxygen atoms in total. The molecule has 0 fully saturated rings. The number of nitrogens with zero attached hydrogens (tertiary/aromatic N) is 2.